The molecule has 124 valence electrons. The van der Waals surface area contributed by atoms with E-state index in [9.17, 15) is 4.79 Å². The number of hydrogen-bond donors (Lipinski definition) is 0. The van der Waals surface area contributed by atoms with Crippen molar-refractivity contribution in [3.05, 3.63) is 35.9 Å². The van der Waals surface area contributed by atoms with Gasteiger partial charge in [-0.3, -0.25) is 9.69 Å². The molecule has 1 saturated heterocycles. The molecule has 1 aromatic heterocycles. The average molecular weight is 324 g/mol. The van der Waals surface area contributed by atoms with E-state index in [1.54, 1.807) is 0 Å². The summed E-state index contributed by atoms with van der Waals surface area (Å²) in [6.45, 7) is 2.67. The lowest BCUT2D eigenvalue weighted by molar-refractivity contribution is -0.115. The van der Waals surface area contributed by atoms with Gasteiger partial charge < -0.3 is 4.90 Å². The molecule has 0 N–H and O–H groups in total. The zero-order valence-electron chi connectivity index (χ0n) is 13.9. The number of carbonyl (C=O) groups is 1. The summed E-state index contributed by atoms with van der Waals surface area (Å²) in [5.41, 5.74) is 1.88. The van der Waals surface area contributed by atoms with Gasteiger partial charge in [-0.1, -0.05) is 30.3 Å². The number of aliphatic imine (C=N–C) groups is 1. The van der Waals surface area contributed by atoms with Crippen molar-refractivity contribution in [3.8, 4) is 0 Å². The minimum absolute atomic E-state index is 0.0826. The summed E-state index contributed by atoms with van der Waals surface area (Å²) in [5, 5.41) is 4.47. The summed E-state index contributed by atoms with van der Waals surface area (Å²) in [6, 6.07) is 10.2. The summed E-state index contributed by atoms with van der Waals surface area (Å²) in [4.78, 5) is 25.5. The SMILES string of the molecule is CN(C)c1nc2n(n1)CC1CN(Cc3ccccc3)CC(=O)C1=N2. The highest BCUT2D eigenvalue weighted by Gasteiger charge is 2.36. The standard InChI is InChI=1S/C17H20N6O/c1-21(2)17-19-16-18-15-13(10-23(16)20-17)9-22(11-14(15)24)8-12-6-4-3-5-7-12/h3-7,13H,8-11H2,1-2H3. The predicted octanol–water partition coefficient (Wildman–Crippen LogP) is 1.13. The smallest absolute Gasteiger partial charge is 0.250 e. The van der Waals surface area contributed by atoms with Crippen molar-refractivity contribution in [2.75, 3.05) is 32.1 Å². The van der Waals surface area contributed by atoms with Crippen LogP contribution in [0.25, 0.3) is 0 Å². The van der Waals surface area contributed by atoms with Crippen LogP contribution in [-0.2, 0) is 17.9 Å². The molecule has 1 fully saturated rings. The van der Waals surface area contributed by atoms with Crippen LogP contribution >= 0.6 is 0 Å². The molecule has 2 aromatic rings. The van der Waals surface area contributed by atoms with Gasteiger partial charge in [0.25, 0.3) is 0 Å². The Morgan fingerprint density at radius 1 is 1.21 bits per heavy atom. The van der Waals surface area contributed by atoms with E-state index < -0.39 is 0 Å². The summed E-state index contributed by atoms with van der Waals surface area (Å²) < 4.78 is 1.81. The monoisotopic (exact) mass is 324 g/mol. The van der Waals surface area contributed by atoms with Crippen LogP contribution < -0.4 is 4.90 Å². The third-order valence-electron chi connectivity index (χ3n) is 4.42. The highest BCUT2D eigenvalue weighted by Crippen LogP contribution is 2.26. The van der Waals surface area contributed by atoms with Crippen LogP contribution in [0.15, 0.2) is 35.3 Å². The number of benzene rings is 1. The Morgan fingerprint density at radius 3 is 2.75 bits per heavy atom. The van der Waals surface area contributed by atoms with E-state index >= 15 is 0 Å². The van der Waals surface area contributed by atoms with Gasteiger partial charge >= 0.3 is 0 Å². The lowest BCUT2D eigenvalue weighted by Crippen LogP contribution is -2.49. The number of anilines is 1. The molecular formula is C17H20N6O. The van der Waals surface area contributed by atoms with Gasteiger partial charge in [0.15, 0.2) is 5.78 Å². The molecule has 24 heavy (non-hydrogen) atoms. The molecule has 1 atom stereocenters. The summed E-state index contributed by atoms with van der Waals surface area (Å²) in [6.07, 6.45) is 0. The highest BCUT2D eigenvalue weighted by molar-refractivity contribution is 6.42. The first-order chi connectivity index (χ1) is 11.6. The first-order valence-corrected chi connectivity index (χ1v) is 8.10. The van der Waals surface area contributed by atoms with Gasteiger partial charge in [0.1, 0.15) is 0 Å². The largest absolute Gasteiger partial charge is 0.346 e. The zero-order valence-corrected chi connectivity index (χ0v) is 13.9. The number of likely N-dealkylation sites (tertiary alicyclic amines) is 1. The Morgan fingerprint density at radius 2 is 2.00 bits per heavy atom. The van der Waals surface area contributed by atoms with Crippen LogP contribution in [0.4, 0.5) is 11.9 Å². The Hall–Kier alpha value is -2.54. The fourth-order valence-electron chi connectivity index (χ4n) is 3.27. The van der Waals surface area contributed by atoms with Gasteiger partial charge in [-0.15, -0.1) is 5.10 Å². The second kappa shape index (κ2) is 5.83. The van der Waals surface area contributed by atoms with E-state index in [0.29, 0.717) is 30.7 Å². The summed E-state index contributed by atoms with van der Waals surface area (Å²) in [7, 11) is 3.79. The Labute approximate surface area is 140 Å². The van der Waals surface area contributed by atoms with Gasteiger partial charge in [0.2, 0.25) is 11.9 Å². The van der Waals surface area contributed by atoms with Gasteiger partial charge in [0.05, 0.1) is 18.8 Å². The number of hydrogen-bond acceptors (Lipinski definition) is 6. The second-order valence-electron chi connectivity index (χ2n) is 6.56. The first kappa shape index (κ1) is 15.0. The number of Topliss-reactive ketones (excluding diaryl/α,β-unsaturated/α-hetero) is 1. The van der Waals surface area contributed by atoms with Crippen LogP contribution in [-0.4, -0.2) is 58.3 Å². The van der Waals surface area contributed by atoms with Crippen molar-refractivity contribution < 1.29 is 4.79 Å². The molecule has 1 unspecified atom stereocenters. The number of carbonyl (C=O) groups excluding carboxylic acids is 1. The Balaban J connectivity index is 1.55. The topological polar surface area (TPSA) is 66.6 Å². The van der Waals surface area contributed by atoms with Gasteiger partial charge in [0, 0.05) is 33.1 Å². The molecule has 0 radical (unpaired) electrons. The fourth-order valence-corrected chi connectivity index (χ4v) is 3.27. The maximum atomic E-state index is 12.5. The highest BCUT2D eigenvalue weighted by atomic mass is 16.1. The summed E-state index contributed by atoms with van der Waals surface area (Å²) in [5.74, 6) is 1.35. The van der Waals surface area contributed by atoms with Crippen molar-refractivity contribution in [1.82, 2.24) is 19.7 Å². The normalized spacial score (nSPS) is 20.3. The molecule has 1 aromatic carbocycles. The maximum absolute atomic E-state index is 12.5. The van der Waals surface area contributed by atoms with Crippen molar-refractivity contribution in [1.29, 1.82) is 0 Å². The number of nitrogens with zero attached hydrogens (tertiary/aromatic N) is 6. The second-order valence-corrected chi connectivity index (χ2v) is 6.56. The van der Waals surface area contributed by atoms with Crippen LogP contribution in [0.3, 0.4) is 0 Å². The Bertz CT molecular complexity index is 795. The van der Waals surface area contributed by atoms with Crippen LogP contribution in [0, 0.1) is 5.92 Å². The first-order valence-electron chi connectivity index (χ1n) is 8.10. The van der Waals surface area contributed by atoms with E-state index in [0.717, 1.165) is 13.1 Å². The number of fused-ring (bicyclic) bond motifs is 2. The van der Waals surface area contributed by atoms with Crippen molar-refractivity contribution in [3.63, 3.8) is 0 Å². The number of rotatable bonds is 3. The van der Waals surface area contributed by atoms with E-state index in [1.807, 2.05) is 41.9 Å². The molecule has 7 nitrogen and oxygen atoms in total. The van der Waals surface area contributed by atoms with Crippen molar-refractivity contribution in [2.24, 2.45) is 10.9 Å². The predicted molar refractivity (Wildman–Crippen MR) is 91.7 cm³/mol. The molecule has 0 amide bonds. The Kier molecular flexibility index (Phi) is 3.65. The van der Waals surface area contributed by atoms with Crippen molar-refractivity contribution >= 4 is 23.4 Å². The van der Waals surface area contributed by atoms with E-state index in [4.69, 9.17) is 0 Å². The minimum Gasteiger partial charge on any atom is -0.346 e. The zero-order chi connectivity index (χ0) is 16.7. The van der Waals surface area contributed by atoms with E-state index in [1.165, 1.54) is 5.56 Å². The van der Waals surface area contributed by atoms with Gasteiger partial charge in [-0.25, -0.2) is 9.67 Å². The molecule has 4 rings (SSSR count). The number of piperidine rings is 1. The van der Waals surface area contributed by atoms with E-state index in [-0.39, 0.29) is 11.7 Å². The average Bonchev–Trinajstić information content (AvgIpc) is 2.97. The molecule has 0 saturated carbocycles. The van der Waals surface area contributed by atoms with Crippen molar-refractivity contribution in [2.45, 2.75) is 13.1 Å². The van der Waals surface area contributed by atoms with Gasteiger partial charge in [-0.05, 0) is 5.56 Å². The molecule has 2 aliphatic heterocycles. The molecule has 0 spiro atoms. The molecule has 3 heterocycles. The molecule has 2 aliphatic rings. The van der Waals surface area contributed by atoms with Crippen LogP contribution in [0.1, 0.15) is 5.56 Å². The van der Waals surface area contributed by atoms with Crippen LogP contribution in [0.2, 0.25) is 0 Å². The molecular weight excluding hydrogens is 304 g/mol. The minimum atomic E-state index is 0.0826. The molecule has 0 aliphatic carbocycles. The molecule has 7 heteroatoms. The maximum Gasteiger partial charge on any atom is 0.250 e. The third-order valence-corrected chi connectivity index (χ3v) is 4.42. The lowest BCUT2D eigenvalue weighted by Gasteiger charge is -2.34. The summed E-state index contributed by atoms with van der Waals surface area (Å²) >= 11 is 0. The third kappa shape index (κ3) is 2.71. The quantitative estimate of drug-likeness (QED) is 0.847. The number of ketones is 1. The van der Waals surface area contributed by atoms with E-state index in [2.05, 4.69) is 32.1 Å². The number of aromatic nitrogens is 3. The van der Waals surface area contributed by atoms with Gasteiger partial charge in [-0.2, -0.15) is 4.98 Å². The molecule has 0 bridgehead atoms. The van der Waals surface area contributed by atoms with Crippen LogP contribution in [0.5, 0.6) is 0 Å². The fraction of sp³-hybridized carbons (Fsp3) is 0.412. The lowest BCUT2D eigenvalue weighted by atomic mass is 9.93.